The second-order valence-electron chi connectivity index (χ2n) is 4.77. The molecule has 0 unspecified atom stereocenters. The van der Waals surface area contributed by atoms with Crippen LogP contribution in [0.15, 0.2) is 50.1 Å². The number of phenols is 1. The number of hydrogen-bond acceptors (Lipinski definition) is 4. The molecule has 0 radical (unpaired) electrons. The molecule has 1 heterocycles. The molecule has 1 aromatic heterocycles. The van der Waals surface area contributed by atoms with Crippen LogP contribution >= 0.6 is 15.9 Å². The van der Waals surface area contributed by atoms with Crippen molar-refractivity contribution in [2.45, 2.75) is 6.92 Å². The van der Waals surface area contributed by atoms with Gasteiger partial charge >= 0.3 is 0 Å². The molecule has 0 amide bonds. The Labute approximate surface area is 128 Å². The van der Waals surface area contributed by atoms with E-state index in [0.29, 0.717) is 21.0 Å². The van der Waals surface area contributed by atoms with Gasteiger partial charge in [0, 0.05) is 5.56 Å². The molecule has 21 heavy (non-hydrogen) atoms. The summed E-state index contributed by atoms with van der Waals surface area (Å²) in [6.45, 7) is 1.86. The third-order valence-electron chi connectivity index (χ3n) is 3.23. The van der Waals surface area contributed by atoms with E-state index in [2.05, 4.69) is 15.9 Å². The molecule has 0 aliphatic heterocycles. The van der Waals surface area contributed by atoms with Crippen molar-refractivity contribution in [3.8, 4) is 22.8 Å². The minimum absolute atomic E-state index is 0.0667. The maximum atomic E-state index is 12.3. The fourth-order valence-electron chi connectivity index (χ4n) is 2.14. The van der Waals surface area contributed by atoms with Gasteiger partial charge in [-0.05, 0) is 53.2 Å². The summed E-state index contributed by atoms with van der Waals surface area (Å²) in [5.74, 6) is -0.292. The molecule has 2 N–H and O–H groups in total. The number of aromatic hydroxyl groups is 2. The van der Waals surface area contributed by atoms with Crippen molar-refractivity contribution in [1.82, 2.24) is 0 Å². The molecule has 0 aliphatic carbocycles. The molecular weight excluding hydrogens is 336 g/mol. The summed E-state index contributed by atoms with van der Waals surface area (Å²) in [4.78, 5) is 12.3. The monoisotopic (exact) mass is 346 g/mol. The topological polar surface area (TPSA) is 70.7 Å². The lowest BCUT2D eigenvalue weighted by molar-refractivity contribution is 0.448. The molecule has 0 saturated carbocycles. The largest absolute Gasteiger partial charge is 0.507 e. The molecule has 0 fully saturated rings. The van der Waals surface area contributed by atoms with Crippen molar-refractivity contribution in [1.29, 1.82) is 0 Å². The van der Waals surface area contributed by atoms with E-state index >= 15 is 0 Å². The second-order valence-corrected chi connectivity index (χ2v) is 5.63. The molecule has 5 heteroatoms. The molecule has 4 nitrogen and oxygen atoms in total. The Balaban J connectivity index is 2.33. The van der Waals surface area contributed by atoms with Crippen LogP contribution < -0.4 is 5.43 Å². The van der Waals surface area contributed by atoms with Crippen LogP contribution in [-0.2, 0) is 0 Å². The van der Waals surface area contributed by atoms with Crippen LogP contribution in [0.3, 0.4) is 0 Å². The first-order valence-electron chi connectivity index (χ1n) is 6.22. The van der Waals surface area contributed by atoms with Gasteiger partial charge in [-0.2, -0.15) is 0 Å². The average Bonchev–Trinajstić information content (AvgIpc) is 2.46. The Morgan fingerprint density at radius 2 is 1.86 bits per heavy atom. The van der Waals surface area contributed by atoms with Gasteiger partial charge in [-0.3, -0.25) is 4.79 Å². The van der Waals surface area contributed by atoms with Crippen LogP contribution in [0.25, 0.3) is 22.3 Å². The highest BCUT2D eigenvalue weighted by Crippen LogP contribution is 2.34. The smallest absolute Gasteiger partial charge is 0.235 e. The lowest BCUT2D eigenvalue weighted by atomic mass is 10.1. The predicted molar refractivity (Wildman–Crippen MR) is 83.7 cm³/mol. The minimum Gasteiger partial charge on any atom is -0.507 e. The van der Waals surface area contributed by atoms with Crippen LogP contribution in [0.1, 0.15) is 5.56 Å². The van der Waals surface area contributed by atoms with Gasteiger partial charge in [0.1, 0.15) is 11.3 Å². The van der Waals surface area contributed by atoms with Gasteiger partial charge in [-0.25, -0.2) is 0 Å². The quantitative estimate of drug-likeness (QED) is 0.699. The van der Waals surface area contributed by atoms with E-state index in [1.807, 2.05) is 13.0 Å². The Hall–Kier alpha value is -2.27. The van der Waals surface area contributed by atoms with Crippen LogP contribution in [0, 0.1) is 6.92 Å². The Morgan fingerprint density at radius 1 is 1.10 bits per heavy atom. The number of phenolic OH excluding ortho intramolecular Hbond substituents is 1. The molecule has 0 spiro atoms. The van der Waals surface area contributed by atoms with E-state index in [9.17, 15) is 15.0 Å². The second kappa shape index (κ2) is 4.93. The van der Waals surface area contributed by atoms with Gasteiger partial charge in [0.2, 0.25) is 11.2 Å². The predicted octanol–water partition coefficient (Wildman–Crippen LogP) is 3.94. The van der Waals surface area contributed by atoms with E-state index in [-0.39, 0.29) is 11.5 Å². The molecule has 0 aliphatic rings. The van der Waals surface area contributed by atoms with E-state index < -0.39 is 11.2 Å². The van der Waals surface area contributed by atoms with Crippen molar-refractivity contribution in [2.75, 3.05) is 0 Å². The van der Waals surface area contributed by atoms with Crippen LogP contribution in [0.5, 0.6) is 11.5 Å². The average molecular weight is 347 g/mol. The number of halogens is 1. The standard InChI is InChI=1S/C16H11BrO4/c1-8-2-5-13-10(6-8)14(19)15(20)16(21-13)9-3-4-12(18)11(17)7-9/h2-7,18,20H,1H3. The van der Waals surface area contributed by atoms with Crippen LogP contribution in [-0.4, -0.2) is 10.2 Å². The Morgan fingerprint density at radius 3 is 2.57 bits per heavy atom. The third kappa shape index (κ3) is 2.29. The summed E-state index contributed by atoms with van der Waals surface area (Å²) in [6.07, 6.45) is 0. The van der Waals surface area contributed by atoms with E-state index in [4.69, 9.17) is 4.42 Å². The maximum absolute atomic E-state index is 12.3. The van der Waals surface area contributed by atoms with Crippen LogP contribution in [0.4, 0.5) is 0 Å². The van der Waals surface area contributed by atoms with Crippen molar-refractivity contribution in [2.24, 2.45) is 0 Å². The maximum Gasteiger partial charge on any atom is 0.235 e. The zero-order chi connectivity index (χ0) is 15.1. The molecule has 2 aromatic carbocycles. The molecule has 0 bridgehead atoms. The summed E-state index contributed by atoms with van der Waals surface area (Å²) in [6, 6.07) is 9.81. The van der Waals surface area contributed by atoms with E-state index in [1.54, 1.807) is 24.3 Å². The molecule has 0 saturated heterocycles. The molecule has 106 valence electrons. The van der Waals surface area contributed by atoms with Gasteiger partial charge in [0.15, 0.2) is 5.76 Å². The van der Waals surface area contributed by atoms with Gasteiger partial charge < -0.3 is 14.6 Å². The summed E-state index contributed by atoms with van der Waals surface area (Å²) in [7, 11) is 0. The normalized spacial score (nSPS) is 11.0. The van der Waals surface area contributed by atoms with Gasteiger partial charge in [-0.1, -0.05) is 11.6 Å². The molecule has 3 rings (SSSR count). The van der Waals surface area contributed by atoms with Gasteiger partial charge in [0.05, 0.1) is 9.86 Å². The van der Waals surface area contributed by atoms with Gasteiger partial charge in [0.25, 0.3) is 0 Å². The first-order chi connectivity index (χ1) is 9.97. The van der Waals surface area contributed by atoms with Crippen molar-refractivity contribution >= 4 is 26.9 Å². The first-order valence-corrected chi connectivity index (χ1v) is 7.02. The van der Waals surface area contributed by atoms with Crippen molar-refractivity contribution in [3.05, 3.63) is 56.7 Å². The highest BCUT2D eigenvalue weighted by molar-refractivity contribution is 9.10. The number of benzene rings is 2. The molecule has 3 aromatic rings. The van der Waals surface area contributed by atoms with Crippen molar-refractivity contribution in [3.63, 3.8) is 0 Å². The Kier molecular flexibility index (Phi) is 3.22. The molecular formula is C16H11BrO4. The summed E-state index contributed by atoms with van der Waals surface area (Å²) in [5, 5.41) is 20.0. The lowest BCUT2D eigenvalue weighted by Gasteiger charge is -2.07. The first kappa shape index (κ1) is 13.7. The number of fused-ring (bicyclic) bond motifs is 1. The summed E-state index contributed by atoms with van der Waals surface area (Å²) in [5.41, 5.74) is 1.34. The fourth-order valence-corrected chi connectivity index (χ4v) is 2.52. The number of aryl methyl sites for hydroxylation is 1. The highest BCUT2D eigenvalue weighted by atomic mass is 79.9. The SMILES string of the molecule is Cc1ccc2oc(-c3ccc(O)c(Br)c3)c(O)c(=O)c2c1. The van der Waals surface area contributed by atoms with Gasteiger partial charge in [-0.15, -0.1) is 0 Å². The highest BCUT2D eigenvalue weighted by Gasteiger charge is 2.16. The number of hydrogen-bond donors (Lipinski definition) is 2. The molecule has 0 atom stereocenters. The summed E-state index contributed by atoms with van der Waals surface area (Å²) < 4.78 is 6.11. The van der Waals surface area contributed by atoms with E-state index in [1.165, 1.54) is 6.07 Å². The lowest BCUT2D eigenvalue weighted by Crippen LogP contribution is -2.02. The zero-order valence-corrected chi connectivity index (χ0v) is 12.6. The van der Waals surface area contributed by atoms with Crippen molar-refractivity contribution < 1.29 is 14.6 Å². The minimum atomic E-state index is -0.473. The Bertz CT molecular complexity index is 912. The fraction of sp³-hybridized carbons (Fsp3) is 0.0625. The number of rotatable bonds is 1. The summed E-state index contributed by atoms with van der Waals surface area (Å²) >= 11 is 3.19. The zero-order valence-electron chi connectivity index (χ0n) is 11.1. The van der Waals surface area contributed by atoms with Crippen LogP contribution in [0.2, 0.25) is 0 Å². The van der Waals surface area contributed by atoms with E-state index in [0.717, 1.165) is 5.56 Å². The third-order valence-corrected chi connectivity index (χ3v) is 3.87.